The molecule has 1 unspecified atom stereocenters. The molecule has 0 bridgehead atoms. The maximum atomic E-state index is 11.9. The number of pyridine rings is 1. The van der Waals surface area contributed by atoms with Crippen molar-refractivity contribution in [1.29, 1.82) is 0 Å². The maximum absolute atomic E-state index is 11.9. The molecule has 1 aromatic rings. The zero-order valence-electron chi connectivity index (χ0n) is 12.6. The smallest absolute Gasteiger partial charge is 0.243 e. The molecule has 0 aliphatic carbocycles. The number of anilines is 1. The monoisotopic (exact) mass is 364 g/mol. The van der Waals surface area contributed by atoms with E-state index in [1.54, 1.807) is 18.3 Å². The van der Waals surface area contributed by atoms with E-state index in [4.69, 9.17) is 10.5 Å². The van der Waals surface area contributed by atoms with Crippen LogP contribution < -0.4 is 16.4 Å². The molecule has 0 spiro atoms. The summed E-state index contributed by atoms with van der Waals surface area (Å²) in [6.45, 7) is 1.16. The van der Waals surface area contributed by atoms with Crippen LogP contribution >= 0.6 is 24.8 Å². The Morgan fingerprint density at radius 2 is 2.04 bits per heavy atom. The SMILES string of the molecule is Cl.Cl.NC(C(=O)NCC(=O)Nc1cccnc1)C1CCOCC1. The van der Waals surface area contributed by atoms with Crippen molar-refractivity contribution in [1.82, 2.24) is 10.3 Å². The Balaban J connectivity index is 0.00000242. The van der Waals surface area contributed by atoms with Crippen LogP contribution in [0.15, 0.2) is 24.5 Å². The fourth-order valence-corrected chi connectivity index (χ4v) is 2.22. The van der Waals surface area contributed by atoms with Gasteiger partial charge in [0.2, 0.25) is 11.8 Å². The minimum absolute atomic E-state index is 0. The molecule has 0 aromatic carbocycles. The molecule has 1 atom stereocenters. The Kier molecular flexibility index (Phi) is 10.5. The van der Waals surface area contributed by atoms with E-state index in [2.05, 4.69) is 15.6 Å². The third-order valence-corrected chi connectivity index (χ3v) is 3.45. The van der Waals surface area contributed by atoms with Gasteiger partial charge in [-0.3, -0.25) is 14.6 Å². The second-order valence-corrected chi connectivity index (χ2v) is 4.98. The van der Waals surface area contributed by atoms with E-state index in [9.17, 15) is 9.59 Å². The minimum atomic E-state index is -0.597. The number of hydrogen-bond donors (Lipinski definition) is 3. The van der Waals surface area contributed by atoms with Gasteiger partial charge in [0.1, 0.15) is 0 Å². The summed E-state index contributed by atoms with van der Waals surface area (Å²) in [6, 6.07) is 2.84. The largest absolute Gasteiger partial charge is 0.381 e. The van der Waals surface area contributed by atoms with Gasteiger partial charge in [-0.1, -0.05) is 0 Å². The first-order valence-electron chi connectivity index (χ1n) is 6.97. The highest BCUT2D eigenvalue weighted by Gasteiger charge is 2.26. The first-order valence-corrected chi connectivity index (χ1v) is 6.97. The first kappa shape index (κ1) is 21.6. The lowest BCUT2D eigenvalue weighted by atomic mass is 9.92. The second kappa shape index (κ2) is 11.2. The molecule has 130 valence electrons. The molecule has 2 amide bonds. The van der Waals surface area contributed by atoms with Gasteiger partial charge in [0, 0.05) is 19.4 Å². The summed E-state index contributed by atoms with van der Waals surface area (Å²) >= 11 is 0. The summed E-state index contributed by atoms with van der Waals surface area (Å²) < 4.78 is 5.24. The van der Waals surface area contributed by atoms with Crippen molar-refractivity contribution >= 4 is 42.3 Å². The van der Waals surface area contributed by atoms with Crippen LogP contribution in [0, 0.1) is 5.92 Å². The summed E-state index contributed by atoms with van der Waals surface area (Å²) in [7, 11) is 0. The zero-order valence-corrected chi connectivity index (χ0v) is 14.2. The van der Waals surface area contributed by atoms with E-state index in [0.717, 1.165) is 12.8 Å². The van der Waals surface area contributed by atoms with Crippen LogP contribution in [-0.2, 0) is 14.3 Å². The quantitative estimate of drug-likeness (QED) is 0.714. The number of nitrogens with two attached hydrogens (primary N) is 1. The van der Waals surface area contributed by atoms with Crippen LogP contribution in [0.1, 0.15) is 12.8 Å². The predicted molar refractivity (Wildman–Crippen MR) is 91.9 cm³/mol. The molecular formula is C14H22Cl2N4O3. The highest BCUT2D eigenvalue weighted by Crippen LogP contribution is 2.17. The lowest BCUT2D eigenvalue weighted by Gasteiger charge is -2.26. The average molecular weight is 365 g/mol. The molecule has 4 N–H and O–H groups in total. The number of nitrogens with one attached hydrogen (secondary N) is 2. The lowest BCUT2D eigenvalue weighted by molar-refractivity contribution is -0.126. The number of carbonyl (C=O) groups is 2. The maximum Gasteiger partial charge on any atom is 0.243 e. The Morgan fingerprint density at radius 1 is 1.35 bits per heavy atom. The summed E-state index contributed by atoms with van der Waals surface area (Å²) in [4.78, 5) is 27.5. The summed E-state index contributed by atoms with van der Waals surface area (Å²) in [5.74, 6) is -0.501. The molecule has 1 aliphatic rings. The molecule has 7 nitrogen and oxygen atoms in total. The summed E-state index contributed by atoms with van der Waals surface area (Å²) in [5.41, 5.74) is 6.51. The van der Waals surface area contributed by atoms with Crippen molar-refractivity contribution in [3.8, 4) is 0 Å². The molecular weight excluding hydrogens is 343 g/mol. The van der Waals surface area contributed by atoms with Crippen LogP contribution in [-0.4, -0.2) is 42.6 Å². The number of halogens is 2. The number of nitrogens with zero attached hydrogens (tertiary/aromatic N) is 1. The summed E-state index contributed by atoms with van der Waals surface area (Å²) in [6.07, 6.45) is 4.70. The Hall–Kier alpha value is -1.41. The molecule has 0 saturated carbocycles. The third-order valence-electron chi connectivity index (χ3n) is 3.45. The molecule has 1 saturated heterocycles. The number of hydrogen-bond acceptors (Lipinski definition) is 5. The van der Waals surface area contributed by atoms with Crippen LogP contribution in [0.25, 0.3) is 0 Å². The summed E-state index contributed by atoms with van der Waals surface area (Å²) in [5, 5.41) is 5.20. The van der Waals surface area contributed by atoms with Gasteiger partial charge in [-0.2, -0.15) is 0 Å². The first-order chi connectivity index (χ1) is 10.2. The van der Waals surface area contributed by atoms with E-state index in [1.807, 2.05) is 0 Å². The van der Waals surface area contributed by atoms with Gasteiger partial charge in [-0.15, -0.1) is 24.8 Å². The molecule has 1 aromatic heterocycles. The Morgan fingerprint density at radius 3 is 2.65 bits per heavy atom. The van der Waals surface area contributed by atoms with Crippen LogP contribution in [0.4, 0.5) is 5.69 Å². The van der Waals surface area contributed by atoms with Gasteiger partial charge >= 0.3 is 0 Å². The van der Waals surface area contributed by atoms with E-state index in [-0.39, 0.29) is 49.1 Å². The van der Waals surface area contributed by atoms with E-state index < -0.39 is 6.04 Å². The van der Waals surface area contributed by atoms with Crippen molar-refractivity contribution < 1.29 is 14.3 Å². The van der Waals surface area contributed by atoms with Gasteiger partial charge in [0.15, 0.2) is 0 Å². The third kappa shape index (κ3) is 7.13. The predicted octanol–water partition coefficient (Wildman–Crippen LogP) is 0.734. The fourth-order valence-electron chi connectivity index (χ4n) is 2.22. The van der Waals surface area contributed by atoms with E-state index >= 15 is 0 Å². The van der Waals surface area contributed by atoms with Crippen molar-refractivity contribution in [2.24, 2.45) is 11.7 Å². The van der Waals surface area contributed by atoms with Crippen LogP contribution in [0.3, 0.4) is 0 Å². The van der Waals surface area contributed by atoms with Gasteiger partial charge < -0.3 is 21.1 Å². The number of ether oxygens (including phenoxy) is 1. The van der Waals surface area contributed by atoms with Gasteiger partial charge in [-0.05, 0) is 30.9 Å². The number of amides is 2. The van der Waals surface area contributed by atoms with Crippen molar-refractivity contribution in [3.63, 3.8) is 0 Å². The zero-order chi connectivity index (χ0) is 15.1. The standard InChI is InChI=1S/C14H20N4O3.2ClH/c15-13(10-3-6-21-7-4-10)14(20)17-9-12(19)18-11-2-1-5-16-8-11;;/h1-2,5,8,10,13H,3-4,6-7,9,15H2,(H,17,20)(H,18,19);2*1H. The second-order valence-electron chi connectivity index (χ2n) is 4.98. The molecule has 23 heavy (non-hydrogen) atoms. The highest BCUT2D eigenvalue weighted by molar-refractivity contribution is 5.95. The number of aromatic nitrogens is 1. The minimum Gasteiger partial charge on any atom is -0.381 e. The fraction of sp³-hybridized carbons (Fsp3) is 0.500. The Labute approximate surface area is 147 Å². The van der Waals surface area contributed by atoms with Gasteiger partial charge in [0.25, 0.3) is 0 Å². The number of rotatable bonds is 5. The molecule has 2 heterocycles. The highest BCUT2D eigenvalue weighted by atomic mass is 35.5. The van der Waals surface area contributed by atoms with Crippen LogP contribution in [0.2, 0.25) is 0 Å². The molecule has 1 fully saturated rings. The Bertz CT molecular complexity index is 484. The number of carbonyl (C=O) groups excluding carboxylic acids is 2. The molecule has 0 radical (unpaired) electrons. The average Bonchev–Trinajstić information content (AvgIpc) is 2.53. The van der Waals surface area contributed by atoms with Gasteiger partial charge in [0.05, 0.1) is 24.5 Å². The molecule has 1 aliphatic heterocycles. The van der Waals surface area contributed by atoms with Crippen molar-refractivity contribution in [2.45, 2.75) is 18.9 Å². The van der Waals surface area contributed by atoms with Gasteiger partial charge in [-0.25, -0.2) is 0 Å². The van der Waals surface area contributed by atoms with E-state index in [0.29, 0.717) is 18.9 Å². The topological polar surface area (TPSA) is 106 Å². The lowest BCUT2D eigenvalue weighted by Crippen LogP contribution is -2.48. The van der Waals surface area contributed by atoms with Crippen molar-refractivity contribution in [2.75, 3.05) is 25.1 Å². The van der Waals surface area contributed by atoms with Crippen molar-refractivity contribution in [3.05, 3.63) is 24.5 Å². The molecule has 9 heteroatoms. The van der Waals surface area contributed by atoms with E-state index in [1.165, 1.54) is 6.20 Å². The van der Waals surface area contributed by atoms with Crippen LogP contribution in [0.5, 0.6) is 0 Å². The normalized spacial score (nSPS) is 15.5. The molecule has 2 rings (SSSR count).